The summed E-state index contributed by atoms with van der Waals surface area (Å²) in [5.41, 5.74) is 4.38. The van der Waals surface area contributed by atoms with Crippen LogP contribution in [0.1, 0.15) is 17.5 Å². The van der Waals surface area contributed by atoms with Gasteiger partial charge in [-0.3, -0.25) is 8.98 Å². The van der Waals surface area contributed by atoms with Gasteiger partial charge in [-0.15, -0.1) is 0 Å². The number of nitrogens with zero attached hydrogens (tertiary/aromatic N) is 2. The summed E-state index contributed by atoms with van der Waals surface area (Å²) in [4.78, 5) is 16.5. The number of fused-ring (bicyclic) bond motifs is 1. The summed E-state index contributed by atoms with van der Waals surface area (Å²) in [6.45, 7) is 1.90. The number of anilines is 1. The van der Waals surface area contributed by atoms with Crippen LogP contribution in [0.4, 0.5) is 10.2 Å². The smallest absolute Gasteiger partial charge is 0.296 e. The highest BCUT2D eigenvalue weighted by Gasteiger charge is 2.43. The summed E-state index contributed by atoms with van der Waals surface area (Å²) in [5.74, 6) is -0.569. The van der Waals surface area contributed by atoms with Crippen LogP contribution in [0.15, 0.2) is 78.0 Å². The van der Waals surface area contributed by atoms with Crippen molar-refractivity contribution in [2.45, 2.75) is 30.8 Å². The molecule has 5 rings (SSSR count). The number of benzene rings is 2. The molecule has 7 nitrogen and oxygen atoms in total. The minimum Gasteiger partial charge on any atom is -0.309 e. The Labute approximate surface area is 202 Å². The second-order valence-corrected chi connectivity index (χ2v) is 10.3. The molecule has 1 fully saturated rings. The Morgan fingerprint density at radius 3 is 2.60 bits per heavy atom. The predicted octanol–water partition coefficient (Wildman–Crippen LogP) is 4.55. The van der Waals surface area contributed by atoms with Crippen molar-refractivity contribution in [1.82, 2.24) is 9.38 Å². The molecular weight excluding hydrogens is 469 g/mol. The van der Waals surface area contributed by atoms with Gasteiger partial charge < -0.3 is 9.72 Å². The summed E-state index contributed by atoms with van der Waals surface area (Å²) < 4.78 is 45.2. The van der Waals surface area contributed by atoms with Crippen molar-refractivity contribution >= 4 is 27.5 Å². The number of carbonyl (C=O) groups excluding carboxylic acids is 1. The van der Waals surface area contributed by atoms with E-state index in [4.69, 9.17) is 4.18 Å². The average molecular weight is 494 g/mol. The predicted molar refractivity (Wildman–Crippen MR) is 130 cm³/mol. The van der Waals surface area contributed by atoms with Crippen molar-refractivity contribution < 1.29 is 21.8 Å². The van der Waals surface area contributed by atoms with E-state index in [0.29, 0.717) is 17.9 Å². The molecule has 0 radical (unpaired) electrons. The Kier molecular flexibility index (Phi) is 6.12. The van der Waals surface area contributed by atoms with Crippen molar-refractivity contribution in [1.29, 1.82) is 0 Å². The molecule has 1 aliphatic rings. The summed E-state index contributed by atoms with van der Waals surface area (Å²) in [5, 5.41) is 2.67. The van der Waals surface area contributed by atoms with Crippen LogP contribution in [0.5, 0.6) is 0 Å². The van der Waals surface area contributed by atoms with Crippen LogP contribution in [0, 0.1) is 12.8 Å². The molecule has 2 heterocycles. The van der Waals surface area contributed by atoms with Gasteiger partial charge in [-0.2, -0.15) is 8.42 Å². The second-order valence-electron chi connectivity index (χ2n) is 8.65. The Morgan fingerprint density at radius 1 is 1.11 bits per heavy atom. The van der Waals surface area contributed by atoms with Gasteiger partial charge in [-0.1, -0.05) is 42.0 Å². The van der Waals surface area contributed by atoms with E-state index >= 15 is 0 Å². The molecular formula is C26H24FN3O4S. The molecule has 35 heavy (non-hydrogen) atoms. The number of rotatable bonds is 8. The maximum Gasteiger partial charge on any atom is 0.296 e. The number of hydrogen-bond acceptors (Lipinski definition) is 5. The molecule has 2 aromatic heterocycles. The first-order chi connectivity index (χ1) is 16.8. The van der Waals surface area contributed by atoms with Gasteiger partial charge in [0.05, 0.1) is 23.6 Å². The largest absolute Gasteiger partial charge is 0.309 e. The Hall–Kier alpha value is -3.56. The Morgan fingerprint density at radius 2 is 1.86 bits per heavy atom. The summed E-state index contributed by atoms with van der Waals surface area (Å²) in [6.07, 6.45) is 3.17. The van der Waals surface area contributed by atoms with Crippen molar-refractivity contribution in [2.75, 3.05) is 11.9 Å². The molecule has 180 valence electrons. The van der Waals surface area contributed by atoms with Crippen LogP contribution < -0.4 is 5.32 Å². The van der Waals surface area contributed by atoms with E-state index in [-0.39, 0.29) is 23.8 Å². The lowest BCUT2D eigenvalue weighted by atomic mass is 9.99. The van der Waals surface area contributed by atoms with Crippen molar-refractivity contribution in [3.63, 3.8) is 0 Å². The van der Waals surface area contributed by atoms with Crippen LogP contribution in [0.25, 0.3) is 16.8 Å². The number of pyridine rings is 1. The molecule has 0 unspecified atom stereocenters. The maximum absolute atomic E-state index is 13.1. The number of aromatic nitrogens is 2. The molecule has 2 aromatic carbocycles. The lowest BCUT2D eigenvalue weighted by Crippen LogP contribution is -2.15. The summed E-state index contributed by atoms with van der Waals surface area (Å²) >= 11 is 0. The van der Waals surface area contributed by atoms with Crippen molar-refractivity contribution in [2.24, 2.45) is 5.92 Å². The zero-order valence-corrected chi connectivity index (χ0v) is 19.8. The summed E-state index contributed by atoms with van der Waals surface area (Å²) in [7, 11) is -3.84. The van der Waals surface area contributed by atoms with Crippen LogP contribution in [0.2, 0.25) is 0 Å². The number of carbonyl (C=O) groups is 1. The molecule has 0 spiro atoms. The Balaban J connectivity index is 1.31. The van der Waals surface area contributed by atoms with E-state index in [1.54, 1.807) is 22.7 Å². The average Bonchev–Trinajstić information content (AvgIpc) is 3.44. The molecule has 0 saturated heterocycles. The fourth-order valence-corrected chi connectivity index (χ4v) is 4.83. The number of alkyl halides is 1. The molecule has 1 saturated carbocycles. The Bertz CT molecular complexity index is 1500. The van der Waals surface area contributed by atoms with Gasteiger partial charge in [0.1, 0.15) is 11.8 Å². The van der Waals surface area contributed by atoms with E-state index in [1.165, 1.54) is 12.1 Å². The zero-order chi connectivity index (χ0) is 24.6. The zero-order valence-electron chi connectivity index (χ0n) is 19.0. The third-order valence-electron chi connectivity index (χ3n) is 6.00. The number of hydrogen-bond donors (Lipinski definition) is 1. The second kappa shape index (κ2) is 9.24. The van der Waals surface area contributed by atoms with Crippen LogP contribution in [-0.2, 0) is 25.5 Å². The van der Waals surface area contributed by atoms with E-state index < -0.39 is 22.2 Å². The van der Waals surface area contributed by atoms with Crippen LogP contribution in [-0.4, -0.2) is 36.5 Å². The minimum atomic E-state index is -3.84. The normalized spacial score (nSPS) is 17.4. The highest BCUT2D eigenvalue weighted by Crippen LogP contribution is 2.34. The van der Waals surface area contributed by atoms with E-state index in [9.17, 15) is 17.6 Å². The van der Waals surface area contributed by atoms with E-state index in [1.807, 2.05) is 49.5 Å². The molecule has 0 bridgehead atoms. The standard InChI is InChI=1S/C26H24FN3O4S/c1-17-6-9-20(10-7-17)35(32,33)34-13-12-18-4-2-3-5-21(18)19-8-11-25-28-24(16-30(25)15-19)29-26(31)22-14-23(22)27/h2-11,15-16,22-23H,12-14H2,1H3,(H,29,31)/t22-,23+/m1/s1. The fraction of sp³-hybridized carbons (Fsp3) is 0.231. The van der Waals surface area contributed by atoms with Gasteiger partial charge in [-0.25, -0.2) is 9.37 Å². The van der Waals surface area contributed by atoms with E-state index in [2.05, 4.69) is 10.3 Å². The molecule has 1 N–H and O–H groups in total. The molecule has 4 aromatic rings. The van der Waals surface area contributed by atoms with E-state index in [0.717, 1.165) is 22.3 Å². The molecule has 2 atom stereocenters. The first-order valence-electron chi connectivity index (χ1n) is 11.3. The number of amides is 1. The maximum atomic E-state index is 13.1. The monoisotopic (exact) mass is 493 g/mol. The van der Waals surface area contributed by atoms with Crippen LogP contribution in [0.3, 0.4) is 0 Å². The highest BCUT2D eigenvalue weighted by atomic mass is 32.2. The van der Waals surface area contributed by atoms with Gasteiger partial charge in [-0.05, 0) is 60.7 Å². The SMILES string of the molecule is Cc1ccc(S(=O)(=O)OCCc2ccccc2-c2ccc3nc(NC(=O)[C@@H]4C[C@@H]4F)cn3c2)cc1. The molecule has 9 heteroatoms. The minimum absolute atomic E-state index is 0.00740. The van der Waals surface area contributed by atoms with Gasteiger partial charge in [0.25, 0.3) is 10.1 Å². The number of nitrogens with one attached hydrogen (secondary N) is 1. The lowest BCUT2D eigenvalue weighted by molar-refractivity contribution is -0.117. The number of aryl methyl sites for hydroxylation is 1. The summed E-state index contributed by atoms with van der Waals surface area (Å²) in [6, 6.07) is 18.0. The third-order valence-corrected chi connectivity index (χ3v) is 7.33. The number of imidazole rings is 1. The topological polar surface area (TPSA) is 89.8 Å². The quantitative estimate of drug-likeness (QED) is 0.364. The van der Waals surface area contributed by atoms with Gasteiger partial charge in [0, 0.05) is 6.20 Å². The number of halogens is 1. The van der Waals surface area contributed by atoms with Gasteiger partial charge in [0.15, 0.2) is 5.82 Å². The van der Waals surface area contributed by atoms with Crippen molar-refractivity contribution in [3.8, 4) is 11.1 Å². The van der Waals surface area contributed by atoms with Gasteiger partial charge in [0.2, 0.25) is 5.91 Å². The molecule has 1 aliphatic carbocycles. The molecule has 1 amide bonds. The van der Waals surface area contributed by atoms with Crippen LogP contribution >= 0.6 is 0 Å². The first-order valence-corrected chi connectivity index (χ1v) is 12.7. The van der Waals surface area contributed by atoms with Gasteiger partial charge >= 0.3 is 0 Å². The third kappa shape index (κ3) is 5.11. The first kappa shape index (κ1) is 23.2. The fourth-order valence-electron chi connectivity index (χ4n) is 3.92. The lowest BCUT2D eigenvalue weighted by Gasteiger charge is -2.11. The molecule has 0 aliphatic heterocycles. The highest BCUT2D eigenvalue weighted by molar-refractivity contribution is 7.86. The van der Waals surface area contributed by atoms with Crippen molar-refractivity contribution in [3.05, 3.63) is 84.2 Å².